The first-order valence-corrected chi connectivity index (χ1v) is 18.1. The second-order valence-corrected chi connectivity index (χ2v) is 13.5. The van der Waals surface area contributed by atoms with Gasteiger partial charge in [-0.15, -0.1) is 22.9 Å². The number of piperidine rings is 1. The van der Waals surface area contributed by atoms with Gasteiger partial charge in [0.05, 0.1) is 12.8 Å². The number of thiophene rings is 1. The zero-order chi connectivity index (χ0) is 35.9. The molecule has 0 bridgehead atoms. The molecular weight excluding hydrogens is 688 g/mol. The number of ether oxygens (including phenoxy) is 1. The topological polar surface area (TPSA) is 125 Å². The minimum absolute atomic E-state index is 0.164. The van der Waals surface area contributed by atoms with Crippen molar-refractivity contribution >= 4 is 63.6 Å². The van der Waals surface area contributed by atoms with Gasteiger partial charge in [0.25, 0.3) is 0 Å². The van der Waals surface area contributed by atoms with E-state index in [4.69, 9.17) is 16.3 Å². The van der Waals surface area contributed by atoms with Gasteiger partial charge >= 0.3 is 0 Å². The molecule has 2 heterocycles. The van der Waals surface area contributed by atoms with Gasteiger partial charge in [0.15, 0.2) is 5.78 Å². The van der Waals surface area contributed by atoms with Gasteiger partial charge in [-0.25, -0.2) is 0 Å². The number of benzene rings is 3. The summed E-state index contributed by atoms with van der Waals surface area (Å²) >= 11 is 7.44. The zero-order valence-corrected chi connectivity index (χ0v) is 29.5. The maximum Gasteiger partial charge on any atom is 0.248 e. The summed E-state index contributed by atoms with van der Waals surface area (Å²) in [6.45, 7) is 1.29. The lowest BCUT2D eigenvalue weighted by Gasteiger charge is -2.35. The highest BCUT2D eigenvalue weighted by Crippen LogP contribution is 2.33. The van der Waals surface area contributed by atoms with E-state index in [1.54, 1.807) is 42.5 Å². The Balaban J connectivity index is 1.09. The fraction of sp³-hybridized carbons (Fsp3) is 0.256. The molecule has 1 saturated heterocycles. The van der Waals surface area contributed by atoms with Crippen LogP contribution >= 0.6 is 22.9 Å². The van der Waals surface area contributed by atoms with Gasteiger partial charge in [0.1, 0.15) is 17.7 Å². The number of carbonyl (C=O) groups is 5. The highest BCUT2D eigenvalue weighted by Gasteiger charge is 2.35. The number of rotatable bonds is 12. The standard InChI is InChI=1S/C39H37ClN4O6S/c1-50-29-13-14-30-31(22-29)33(45)23-32(37(30)47)43-19-16-26(17-20-43)38(48)42-27-9-11-28(12-10-27)44(35(46)24-40)36(34-8-5-21-51-34)39(49)41-18-15-25-6-3-2-4-7-25/h2-14,21-23,26,36H,15-20,24H2,1H3,(H,41,49)(H,42,48). The quantitative estimate of drug-likeness (QED) is 0.171. The maximum absolute atomic E-state index is 13.6. The third-order valence-corrected chi connectivity index (χ3v) is 10.3. The molecule has 1 aliphatic heterocycles. The average Bonchev–Trinajstić information content (AvgIpc) is 3.70. The molecule has 1 aliphatic carbocycles. The monoisotopic (exact) mass is 724 g/mol. The number of amides is 3. The highest BCUT2D eigenvalue weighted by atomic mass is 35.5. The van der Waals surface area contributed by atoms with Crippen molar-refractivity contribution < 1.29 is 28.7 Å². The number of nitrogens with zero attached hydrogens (tertiary/aromatic N) is 2. The van der Waals surface area contributed by atoms with Crippen LogP contribution in [0.2, 0.25) is 0 Å². The Bertz CT molecular complexity index is 1940. The van der Waals surface area contributed by atoms with Crippen molar-refractivity contribution in [2.75, 3.05) is 42.8 Å². The van der Waals surface area contributed by atoms with Crippen molar-refractivity contribution in [3.63, 3.8) is 0 Å². The molecule has 1 aromatic heterocycles. The van der Waals surface area contributed by atoms with Gasteiger partial charge < -0.3 is 20.3 Å². The van der Waals surface area contributed by atoms with E-state index in [1.807, 2.05) is 52.7 Å². The number of fused-ring (bicyclic) bond motifs is 1. The number of anilines is 2. The summed E-state index contributed by atoms with van der Waals surface area (Å²) in [6, 6.07) is 24.1. The van der Waals surface area contributed by atoms with Crippen LogP contribution in [0.3, 0.4) is 0 Å². The molecule has 10 nitrogen and oxygen atoms in total. The zero-order valence-electron chi connectivity index (χ0n) is 28.0. The van der Waals surface area contributed by atoms with Crippen LogP contribution in [0.15, 0.2) is 102 Å². The van der Waals surface area contributed by atoms with Crippen molar-refractivity contribution in [2.45, 2.75) is 25.3 Å². The second-order valence-electron chi connectivity index (χ2n) is 12.3. The molecule has 262 valence electrons. The fourth-order valence-corrected chi connectivity index (χ4v) is 7.36. The van der Waals surface area contributed by atoms with Gasteiger partial charge in [-0.05, 0) is 78.7 Å². The molecule has 3 amide bonds. The average molecular weight is 725 g/mol. The summed E-state index contributed by atoms with van der Waals surface area (Å²) < 4.78 is 5.20. The van der Waals surface area contributed by atoms with E-state index in [1.165, 1.54) is 29.4 Å². The summed E-state index contributed by atoms with van der Waals surface area (Å²) in [5.74, 6) is -1.51. The molecule has 0 spiro atoms. The predicted molar refractivity (Wildman–Crippen MR) is 198 cm³/mol. The van der Waals surface area contributed by atoms with E-state index >= 15 is 0 Å². The Kier molecular flexibility index (Phi) is 11.3. The van der Waals surface area contributed by atoms with Gasteiger partial charge in [0, 0.05) is 59.0 Å². The lowest BCUT2D eigenvalue weighted by molar-refractivity contribution is -0.125. The number of hydrogen-bond donors (Lipinski definition) is 2. The molecule has 2 aliphatic rings. The number of hydrogen-bond acceptors (Lipinski definition) is 8. The molecule has 0 saturated carbocycles. The molecule has 2 N–H and O–H groups in total. The Morgan fingerprint density at radius 2 is 1.71 bits per heavy atom. The molecule has 1 atom stereocenters. The van der Waals surface area contributed by atoms with Crippen molar-refractivity contribution in [3.05, 3.63) is 124 Å². The van der Waals surface area contributed by atoms with Crippen LogP contribution in [0.25, 0.3) is 0 Å². The number of halogens is 1. The molecule has 6 rings (SSSR count). The molecule has 1 fully saturated rings. The number of ketones is 2. The SMILES string of the molecule is COc1ccc2c(c1)C(=O)C=C(N1CCC(C(=O)Nc3ccc(N(C(=O)CCl)C(C(=O)NCCc4ccccc4)c4cccs4)cc3)CC1)C2=O. The number of allylic oxidation sites excluding steroid dienone is 2. The third kappa shape index (κ3) is 8.05. The number of methoxy groups -OCH3 is 1. The first-order chi connectivity index (χ1) is 24.8. The lowest BCUT2D eigenvalue weighted by atomic mass is 9.89. The van der Waals surface area contributed by atoms with E-state index in [2.05, 4.69) is 10.6 Å². The van der Waals surface area contributed by atoms with Crippen LogP contribution in [-0.4, -0.2) is 66.8 Å². The summed E-state index contributed by atoms with van der Waals surface area (Å²) in [4.78, 5) is 70.3. The molecular formula is C39H37ClN4O6S. The minimum Gasteiger partial charge on any atom is -0.497 e. The van der Waals surface area contributed by atoms with Gasteiger partial charge in [-0.2, -0.15) is 0 Å². The van der Waals surface area contributed by atoms with Gasteiger partial charge in [0.2, 0.25) is 23.5 Å². The van der Waals surface area contributed by atoms with Gasteiger partial charge in [-0.3, -0.25) is 28.9 Å². The van der Waals surface area contributed by atoms with E-state index in [0.717, 1.165) is 5.56 Å². The smallest absolute Gasteiger partial charge is 0.248 e. The summed E-state index contributed by atoms with van der Waals surface area (Å²) in [5.41, 5.74) is 3.09. The Morgan fingerprint density at radius 1 is 0.961 bits per heavy atom. The normalized spacial score (nSPS) is 15.0. The molecule has 51 heavy (non-hydrogen) atoms. The molecule has 1 unspecified atom stereocenters. The Hall–Kier alpha value is -5.26. The number of carbonyl (C=O) groups excluding carboxylic acids is 5. The summed E-state index contributed by atoms with van der Waals surface area (Å²) in [6.07, 6.45) is 3.01. The van der Waals surface area contributed by atoms with E-state index in [0.29, 0.717) is 77.7 Å². The van der Waals surface area contributed by atoms with Crippen molar-refractivity contribution in [3.8, 4) is 5.75 Å². The molecule has 0 radical (unpaired) electrons. The number of Topliss-reactive ketones (excluding diaryl/α,β-unsaturated/α-hetero) is 1. The third-order valence-electron chi connectivity index (χ3n) is 9.11. The van der Waals surface area contributed by atoms with Crippen LogP contribution in [0.1, 0.15) is 50.0 Å². The van der Waals surface area contributed by atoms with Crippen molar-refractivity contribution in [1.29, 1.82) is 0 Å². The fourth-order valence-electron chi connectivity index (χ4n) is 6.42. The highest BCUT2D eigenvalue weighted by molar-refractivity contribution is 7.10. The van der Waals surface area contributed by atoms with Crippen LogP contribution in [-0.2, 0) is 20.8 Å². The van der Waals surface area contributed by atoms with Crippen molar-refractivity contribution in [1.82, 2.24) is 10.2 Å². The predicted octanol–water partition coefficient (Wildman–Crippen LogP) is 6.04. The molecule has 4 aromatic rings. The van der Waals surface area contributed by atoms with E-state index in [9.17, 15) is 24.0 Å². The summed E-state index contributed by atoms with van der Waals surface area (Å²) in [5, 5.41) is 7.81. The lowest BCUT2D eigenvalue weighted by Crippen LogP contribution is -2.44. The van der Waals surface area contributed by atoms with Crippen LogP contribution in [0.4, 0.5) is 11.4 Å². The number of nitrogens with one attached hydrogen (secondary N) is 2. The van der Waals surface area contributed by atoms with Crippen LogP contribution in [0, 0.1) is 5.92 Å². The van der Waals surface area contributed by atoms with E-state index in [-0.39, 0.29) is 35.2 Å². The van der Waals surface area contributed by atoms with Gasteiger partial charge in [-0.1, -0.05) is 36.4 Å². The Morgan fingerprint density at radius 3 is 2.37 bits per heavy atom. The first-order valence-electron chi connectivity index (χ1n) is 16.6. The van der Waals surface area contributed by atoms with Crippen LogP contribution < -0.4 is 20.3 Å². The van der Waals surface area contributed by atoms with Crippen molar-refractivity contribution in [2.24, 2.45) is 5.92 Å². The number of likely N-dealkylation sites (tertiary alicyclic amines) is 1. The summed E-state index contributed by atoms with van der Waals surface area (Å²) in [7, 11) is 1.51. The number of alkyl halides is 1. The molecule has 12 heteroatoms. The van der Waals surface area contributed by atoms with Crippen LogP contribution in [0.5, 0.6) is 5.75 Å². The maximum atomic E-state index is 13.6. The Labute approximate surface area is 305 Å². The van der Waals surface area contributed by atoms with E-state index < -0.39 is 11.9 Å². The second kappa shape index (κ2) is 16.2. The first kappa shape index (κ1) is 35.6. The minimum atomic E-state index is -0.935. The largest absolute Gasteiger partial charge is 0.497 e. The molecule has 3 aromatic carbocycles.